The molecule has 1 aliphatic rings. The van der Waals surface area contributed by atoms with E-state index in [1.54, 1.807) is 0 Å². The smallest absolute Gasteiger partial charge is 0.318 e. The van der Waals surface area contributed by atoms with Gasteiger partial charge in [-0.1, -0.05) is 36.9 Å². The number of aromatic nitrogens is 1. The minimum Gasteiger partial charge on any atom is -0.318 e. The molecule has 126 valence electrons. The van der Waals surface area contributed by atoms with E-state index in [2.05, 4.69) is 11.5 Å². The molecule has 2 aromatic rings. The highest BCUT2D eigenvalue weighted by molar-refractivity contribution is 6.00. The van der Waals surface area contributed by atoms with Crippen molar-refractivity contribution in [3.8, 4) is 0 Å². The molecule has 6 heteroatoms. The van der Waals surface area contributed by atoms with E-state index in [4.69, 9.17) is 0 Å². The van der Waals surface area contributed by atoms with Crippen LogP contribution in [0.1, 0.15) is 27.3 Å². The van der Waals surface area contributed by atoms with Gasteiger partial charge in [0.25, 0.3) is 5.78 Å². The molecular formula is C18H17F3N2O. The minimum atomic E-state index is -4.88. The molecule has 0 amide bonds. The molecule has 24 heavy (non-hydrogen) atoms. The van der Waals surface area contributed by atoms with Gasteiger partial charge in [0.2, 0.25) is 0 Å². The van der Waals surface area contributed by atoms with E-state index in [1.807, 2.05) is 30.3 Å². The molecule has 3 nitrogen and oxygen atoms in total. The van der Waals surface area contributed by atoms with Crippen LogP contribution in [-0.2, 0) is 19.5 Å². The fraction of sp³-hybridized carbons (Fsp3) is 0.278. The Morgan fingerprint density at radius 1 is 1.25 bits per heavy atom. The number of hydrogen-bond acceptors (Lipinski definition) is 2. The quantitative estimate of drug-likeness (QED) is 0.793. The third-order valence-corrected chi connectivity index (χ3v) is 4.21. The molecular weight excluding hydrogens is 317 g/mol. The zero-order valence-electron chi connectivity index (χ0n) is 13.0. The molecule has 3 rings (SSSR count). The summed E-state index contributed by atoms with van der Waals surface area (Å²) in [6.45, 7) is 5.52. The van der Waals surface area contributed by atoms with E-state index < -0.39 is 12.0 Å². The monoisotopic (exact) mass is 334 g/mol. The summed E-state index contributed by atoms with van der Waals surface area (Å²) < 4.78 is 39.6. The van der Waals surface area contributed by atoms with Crippen LogP contribution in [-0.4, -0.2) is 28.0 Å². The number of fused-ring (bicyclic) bond motifs is 1. The van der Waals surface area contributed by atoms with Crippen molar-refractivity contribution in [2.45, 2.75) is 25.7 Å². The van der Waals surface area contributed by atoms with Crippen molar-refractivity contribution in [3.05, 3.63) is 65.5 Å². The average Bonchev–Trinajstić information content (AvgIpc) is 2.91. The fourth-order valence-corrected chi connectivity index (χ4v) is 3.13. The topological polar surface area (TPSA) is 25.2 Å². The Morgan fingerprint density at radius 3 is 2.58 bits per heavy atom. The van der Waals surface area contributed by atoms with Gasteiger partial charge < -0.3 is 4.57 Å². The first-order chi connectivity index (χ1) is 11.4. The maximum atomic E-state index is 12.8. The zero-order chi connectivity index (χ0) is 17.3. The number of alkyl halides is 3. The van der Waals surface area contributed by atoms with Gasteiger partial charge in [0.15, 0.2) is 0 Å². The number of carbonyl (C=O) groups excluding carboxylic acids is 1. The van der Waals surface area contributed by atoms with Crippen LogP contribution in [0.4, 0.5) is 13.2 Å². The van der Waals surface area contributed by atoms with Crippen LogP contribution in [0.15, 0.2) is 43.0 Å². The van der Waals surface area contributed by atoms with E-state index in [0.29, 0.717) is 13.0 Å². The average molecular weight is 334 g/mol. The third kappa shape index (κ3) is 3.14. The molecule has 1 aliphatic heterocycles. The molecule has 0 N–H and O–H groups in total. The van der Waals surface area contributed by atoms with Crippen molar-refractivity contribution >= 4 is 12.0 Å². The van der Waals surface area contributed by atoms with Gasteiger partial charge in [0.1, 0.15) is 0 Å². The first kappa shape index (κ1) is 16.5. The molecule has 0 spiro atoms. The van der Waals surface area contributed by atoms with Gasteiger partial charge in [0, 0.05) is 37.9 Å². The number of hydrogen-bond donors (Lipinski definition) is 0. The highest BCUT2D eigenvalue weighted by Gasteiger charge is 2.42. The molecule has 0 saturated heterocycles. The Labute approximate surface area is 138 Å². The lowest BCUT2D eigenvalue weighted by Gasteiger charge is -2.27. The first-order valence-electron chi connectivity index (χ1n) is 7.63. The predicted octanol–water partition coefficient (Wildman–Crippen LogP) is 3.89. The fourth-order valence-electron chi connectivity index (χ4n) is 3.13. The maximum Gasteiger partial charge on any atom is 0.456 e. The lowest BCUT2D eigenvalue weighted by atomic mass is 10.1. The van der Waals surface area contributed by atoms with Crippen molar-refractivity contribution in [2.24, 2.45) is 0 Å². The molecule has 0 bridgehead atoms. The summed E-state index contributed by atoms with van der Waals surface area (Å²) in [4.78, 5) is 13.8. The van der Waals surface area contributed by atoms with E-state index in [1.165, 1.54) is 16.8 Å². The number of Topliss-reactive ketones (excluding diaryl/α,β-unsaturated/α-hetero) is 1. The lowest BCUT2D eigenvalue weighted by molar-refractivity contribution is -0.0889. The molecule has 0 atom stereocenters. The van der Waals surface area contributed by atoms with Crippen LogP contribution in [0.2, 0.25) is 0 Å². The Balaban J connectivity index is 1.86. The standard InChI is InChI=1S/C18H17F3N2O/c1-2-23-15-8-9-22(11-13-6-4-3-5-7-13)12-14(15)10-16(23)17(24)18(19,20)21/h2-7,10H,1,8-9,11-12H2. The number of halogens is 3. The molecule has 0 saturated carbocycles. The highest BCUT2D eigenvalue weighted by Crippen LogP contribution is 2.29. The molecule has 1 aromatic carbocycles. The summed E-state index contributed by atoms with van der Waals surface area (Å²) in [7, 11) is 0. The van der Waals surface area contributed by atoms with E-state index in [-0.39, 0.29) is 5.69 Å². The SMILES string of the molecule is C=Cn1c(C(=O)C(F)(F)F)cc2c1CCN(Cc1ccccc1)C2. The van der Waals surface area contributed by atoms with Crippen LogP contribution in [0.5, 0.6) is 0 Å². The number of benzene rings is 1. The van der Waals surface area contributed by atoms with Crippen molar-refractivity contribution in [3.63, 3.8) is 0 Å². The number of carbonyl (C=O) groups is 1. The molecule has 0 radical (unpaired) electrons. The highest BCUT2D eigenvalue weighted by atomic mass is 19.4. The van der Waals surface area contributed by atoms with Crippen molar-refractivity contribution in [1.82, 2.24) is 9.47 Å². The van der Waals surface area contributed by atoms with Crippen LogP contribution < -0.4 is 0 Å². The summed E-state index contributed by atoms with van der Waals surface area (Å²) in [5.41, 5.74) is 2.28. The van der Waals surface area contributed by atoms with Crippen molar-refractivity contribution in [2.75, 3.05) is 6.54 Å². The summed E-state index contributed by atoms with van der Waals surface area (Å²) in [5, 5.41) is 0. The normalized spacial score (nSPS) is 15.1. The Kier molecular flexibility index (Phi) is 4.32. The van der Waals surface area contributed by atoms with E-state index >= 15 is 0 Å². The molecule has 2 heterocycles. The van der Waals surface area contributed by atoms with Crippen LogP contribution >= 0.6 is 0 Å². The predicted molar refractivity (Wildman–Crippen MR) is 85.5 cm³/mol. The van der Waals surface area contributed by atoms with Gasteiger partial charge in [-0.05, 0) is 17.2 Å². The number of ketones is 1. The van der Waals surface area contributed by atoms with Gasteiger partial charge in [-0.2, -0.15) is 13.2 Å². The molecule has 0 aliphatic carbocycles. The molecule has 0 unspecified atom stereocenters. The first-order valence-corrected chi connectivity index (χ1v) is 7.63. The Hall–Kier alpha value is -2.34. The Bertz CT molecular complexity index is 763. The second kappa shape index (κ2) is 6.28. The Morgan fingerprint density at radius 2 is 1.96 bits per heavy atom. The van der Waals surface area contributed by atoms with E-state index in [0.717, 1.165) is 29.9 Å². The zero-order valence-corrected chi connectivity index (χ0v) is 13.0. The third-order valence-electron chi connectivity index (χ3n) is 4.21. The molecule has 0 fully saturated rings. The van der Waals surface area contributed by atoms with Gasteiger partial charge in [-0.3, -0.25) is 9.69 Å². The van der Waals surface area contributed by atoms with Crippen LogP contribution in [0, 0.1) is 0 Å². The van der Waals surface area contributed by atoms with Crippen molar-refractivity contribution < 1.29 is 18.0 Å². The second-order valence-corrected chi connectivity index (χ2v) is 5.83. The summed E-state index contributed by atoms with van der Waals surface area (Å²) in [6.07, 6.45) is -3.02. The minimum absolute atomic E-state index is 0.357. The van der Waals surface area contributed by atoms with Gasteiger partial charge in [-0.25, -0.2) is 0 Å². The maximum absolute atomic E-state index is 12.8. The van der Waals surface area contributed by atoms with Gasteiger partial charge in [-0.15, -0.1) is 0 Å². The number of nitrogens with zero attached hydrogens (tertiary/aromatic N) is 2. The summed E-state index contributed by atoms with van der Waals surface area (Å²) >= 11 is 0. The lowest BCUT2D eigenvalue weighted by Crippen LogP contribution is -2.30. The van der Waals surface area contributed by atoms with Crippen molar-refractivity contribution in [1.29, 1.82) is 0 Å². The second-order valence-electron chi connectivity index (χ2n) is 5.83. The van der Waals surface area contributed by atoms with Gasteiger partial charge >= 0.3 is 6.18 Å². The molecule has 1 aromatic heterocycles. The number of rotatable bonds is 4. The summed E-state index contributed by atoms with van der Waals surface area (Å²) in [6, 6.07) is 11.2. The summed E-state index contributed by atoms with van der Waals surface area (Å²) in [5.74, 6) is -1.83. The van der Waals surface area contributed by atoms with Crippen LogP contribution in [0.25, 0.3) is 6.20 Å². The van der Waals surface area contributed by atoms with Gasteiger partial charge in [0.05, 0.1) is 5.69 Å². The van der Waals surface area contributed by atoms with Crippen LogP contribution in [0.3, 0.4) is 0 Å². The largest absolute Gasteiger partial charge is 0.456 e. The van der Waals surface area contributed by atoms with E-state index in [9.17, 15) is 18.0 Å².